The summed E-state index contributed by atoms with van der Waals surface area (Å²) in [5.74, 6) is -0.163. The summed E-state index contributed by atoms with van der Waals surface area (Å²) in [6.45, 7) is 2.12. The number of thiocarbonyl (C=S) groups is 1. The second-order valence-electron chi connectivity index (χ2n) is 7.60. The molecule has 1 aromatic heterocycles. The second-order valence-corrected chi connectivity index (χ2v) is 7.98. The fraction of sp³-hybridized carbons (Fsp3) is 0.600. The SMILES string of the molecule is COC(=O)CCC[C@@H](NC(=S)N1C[C@@H]2C[C@H](C1)c1cccc(=O)n1C2)C(=O)OC. The summed E-state index contributed by atoms with van der Waals surface area (Å²) < 4.78 is 11.4. The predicted octanol–water partition coefficient (Wildman–Crippen LogP) is 1.03. The van der Waals surface area contributed by atoms with Crippen LogP contribution in [0, 0.1) is 5.92 Å². The minimum absolute atomic E-state index is 0.0442. The zero-order valence-electron chi connectivity index (χ0n) is 16.8. The average Bonchev–Trinajstić information content (AvgIpc) is 2.72. The van der Waals surface area contributed by atoms with E-state index in [1.54, 1.807) is 12.1 Å². The van der Waals surface area contributed by atoms with Gasteiger partial charge in [-0.2, -0.15) is 0 Å². The fourth-order valence-corrected chi connectivity index (χ4v) is 4.54. The zero-order valence-corrected chi connectivity index (χ0v) is 17.6. The van der Waals surface area contributed by atoms with Crippen LogP contribution in [0.3, 0.4) is 0 Å². The van der Waals surface area contributed by atoms with E-state index in [4.69, 9.17) is 17.0 Å². The van der Waals surface area contributed by atoms with E-state index in [1.165, 1.54) is 14.2 Å². The van der Waals surface area contributed by atoms with E-state index in [2.05, 4.69) is 15.0 Å². The number of fused-ring (bicyclic) bond motifs is 4. The molecule has 0 saturated carbocycles. The molecule has 1 fully saturated rings. The van der Waals surface area contributed by atoms with Crippen molar-refractivity contribution in [1.29, 1.82) is 0 Å². The number of pyridine rings is 1. The topological polar surface area (TPSA) is 89.9 Å². The number of hydrogen-bond acceptors (Lipinski definition) is 6. The van der Waals surface area contributed by atoms with Crippen LogP contribution in [0.4, 0.5) is 0 Å². The molecule has 0 unspecified atom stereocenters. The minimum Gasteiger partial charge on any atom is -0.469 e. The number of esters is 2. The Kier molecular flexibility index (Phi) is 6.89. The molecular formula is C20H27N3O5S. The lowest BCUT2D eigenvalue weighted by Crippen LogP contribution is -2.54. The number of ether oxygens (including phenoxy) is 2. The highest BCUT2D eigenvalue weighted by Gasteiger charge is 2.36. The Labute approximate surface area is 175 Å². The molecule has 2 bridgehead atoms. The van der Waals surface area contributed by atoms with Gasteiger partial charge in [-0.1, -0.05) is 6.07 Å². The highest BCUT2D eigenvalue weighted by atomic mass is 32.1. The third-order valence-corrected chi connectivity index (χ3v) is 6.03. The molecule has 0 amide bonds. The molecule has 158 valence electrons. The molecule has 3 rings (SSSR count). The van der Waals surface area contributed by atoms with Crippen LogP contribution < -0.4 is 10.9 Å². The Morgan fingerprint density at radius 2 is 2.03 bits per heavy atom. The zero-order chi connectivity index (χ0) is 21.0. The monoisotopic (exact) mass is 421 g/mol. The van der Waals surface area contributed by atoms with Crippen LogP contribution in [0.1, 0.15) is 37.3 Å². The van der Waals surface area contributed by atoms with Gasteiger partial charge in [0.15, 0.2) is 5.11 Å². The lowest BCUT2D eigenvalue weighted by Gasteiger charge is -2.44. The average molecular weight is 422 g/mol. The number of aromatic nitrogens is 1. The van der Waals surface area contributed by atoms with Crippen molar-refractivity contribution < 1.29 is 19.1 Å². The second kappa shape index (κ2) is 9.39. The molecule has 29 heavy (non-hydrogen) atoms. The summed E-state index contributed by atoms with van der Waals surface area (Å²) >= 11 is 5.59. The van der Waals surface area contributed by atoms with Crippen LogP contribution in [-0.2, 0) is 25.6 Å². The number of likely N-dealkylation sites (tertiary alicyclic amines) is 1. The first-order valence-corrected chi connectivity index (χ1v) is 10.2. The molecule has 0 radical (unpaired) electrons. The molecule has 0 aromatic carbocycles. The Morgan fingerprint density at radius 3 is 2.76 bits per heavy atom. The van der Waals surface area contributed by atoms with Gasteiger partial charge in [0.05, 0.1) is 14.2 Å². The first-order valence-electron chi connectivity index (χ1n) is 9.82. The Hall–Kier alpha value is -2.42. The Morgan fingerprint density at radius 1 is 1.24 bits per heavy atom. The van der Waals surface area contributed by atoms with Gasteiger partial charge in [0.2, 0.25) is 0 Å². The lowest BCUT2D eigenvalue weighted by molar-refractivity contribution is -0.144. The van der Waals surface area contributed by atoms with Crippen molar-refractivity contribution in [3.8, 4) is 0 Å². The van der Waals surface area contributed by atoms with Gasteiger partial charge in [0.25, 0.3) is 5.56 Å². The van der Waals surface area contributed by atoms with Crippen LogP contribution in [0.25, 0.3) is 0 Å². The number of rotatable bonds is 6. The number of hydrogen-bond donors (Lipinski definition) is 1. The summed E-state index contributed by atoms with van der Waals surface area (Å²) in [6.07, 6.45) is 2.17. The molecule has 2 aliphatic rings. The van der Waals surface area contributed by atoms with Gasteiger partial charge < -0.3 is 24.3 Å². The minimum atomic E-state index is -0.617. The van der Waals surface area contributed by atoms with E-state index in [0.29, 0.717) is 37.0 Å². The molecule has 8 nitrogen and oxygen atoms in total. The van der Waals surface area contributed by atoms with Gasteiger partial charge in [-0.25, -0.2) is 4.79 Å². The van der Waals surface area contributed by atoms with Crippen LogP contribution >= 0.6 is 12.2 Å². The van der Waals surface area contributed by atoms with Crippen molar-refractivity contribution in [3.63, 3.8) is 0 Å². The largest absolute Gasteiger partial charge is 0.469 e. The van der Waals surface area contributed by atoms with Gasteiger partial charge in [-0.15, -0.1) is 0 Å². The third kappa shape index (κ3) is 4.95. The Bertz CT molecular complexity index is 840. The molecule has 0 spiro atoms. The maximum Gasteiger partial charge on any atom is 0.328 e. The van der Waals surface area contributed by atoms with E-state index in [9.17, 15) is 14.4 Å². The van der Waals surface area contributed by atoms with Crippen LogP contribution in [0.5, 0.6) is 0 Å². The lowest BCUT2D eigenvalue weighted by atomic mass is 9.83. The van der Waals surface area contributed by atoms with Crippen molar-refractivity contribution in [2.24, 2.45) is 5.92 Å². The van der Waals surface area contributed by atoms with Crippen molar-refractivity contribution in [2.75, 3.05) is 27.3 Å². The van der Waals surface area contributed by atoms with E-state index in [-0.39, 0.29) is 23.9 Å². The van der Waals surface area contributed by atoms with Gasteiger partial charge in [-0.3, -0.25) is 9.59 Å². The molecule has 3 heterocycles. The first kappa shape index (κ1) is 21.3. The fourth-order valence-electron chi connectivity index (χ4n) is 4.25. The molecule has 3 atom stereocenters. The summed E-state index contributed by atoms with van der Waals surface area (Å²) in [6, 6.07) is 4.79. The summed E-state index contributed by atoms with van der Waals surface area (Å²) in [5, 5.41) is 3.62. The van der Waals surface area contributed by atoms with Gasteiger partial charge in [-0.05, 0) is 43.5 Å². The predicted molar refractivity (Wildman–Crippen MR) is 111 cm³/mol. The maximum atomic E-state index is 12.2. The van der Waals surface area contributed by atoms with Crippen LogP contribution in [0.2, 0.25) is 0 Å². The quantitative estimate of drug-likeness (QED) is 0.538. The number of nitrogens with zero attached hydrogens (tertiary/aromatic N) is 2. The highest BCUT2D eigenvalue weighted by molar-refractivity contribution is 7.80. The molecular weight excluding hydrogens is 394 g/mol. The van der Waals surface area contributed by atoms with E-state index in [1.807, 2.05) is 10.6 Å². The van der Waals surface area contributed by atoms with Gasteiger partial charge >= 0.3 is 11.9 Å². The Balaban J connectivity index is 1.64. The maximum absolute atomic E-state index is 12.2. The number of piperidine rings is 1. The molecule has 0 aliphatic carbocycles. The number of nitrogens with one attached hydrogen (secondary N) is 1. The molecule has 9 heteroatoms. The van der Waals surface area contributed by atoms with Crippen LogP contribution in [-0.4, -0.2) is 59.9 Å². The number of carbonyl (C=O) groups is 2. The molecule has 1 aromatic rings. The molecule has 1 saturated heterocycles. The smallest absolute Gasteiger partial charge is 0.328 e. The van der Waals surface area contributed by atoms with Crippen molar-refractivity contribution in [1.82, 2.24) is 14.8 Å². The summed E-state index contributed by atoms with van der Waals surface area (Å²) in [7, 11) is 2.67. The van der Waals surface area contributed by atoms with Crippen LogP contribution in [0.15, 0.2) is 23.0 Å². The van der Waals surface area contributed by atoms with E-state index in [0.717, 1.165) is 18.7 Å². The third-order valence-electron chi connectivity index (χ3n) is 5.65. The standard InChI is InChI=1S/C20H27N3O5S/c1-27-18(25)8-3-5-15(19(26)28-2)21-20(29)22-10-13-9-14(12-22)16-6-4-7-17(24)23(16)11-13/h4,6-7,13-15H,3,5,8-12H2,1-2H3,(H,21,29)/t13-,14+,15+/m0/s1. The van der Waals surface area contributed by atoms with E-state index < -0.39 is 12.0 Å². The molecule has 2 aliphatic heterocycles. The highest BCUT2D eigenvalue weighted by Crippen LogP contribution is 2.34. The van der Waals surface area contributed by atoms with E-state index >= 15 is 0 Å². The number of methoxy groups -OCH3 is 2. The summed E-state index contributed by atoms with van der Waals surface area (Å²) in [4.78, 5) is 37.7. The molecule has 1 N–H and O–H groups in total. The van der Waals surface area contributed by atoms with Gasteiger partial charge in [0.1, 0.15) is 6.04 Å². The first-order chi connectivity index (χ1) is 13.9. The van der Waals surface area contributed by atoms with Gasteiger partial charge in [0, 0.05) is 43.7 Å². The van der Waals surface area contributed by atoms with Crippen molar-refractivity contribution in [3.05, 3.63) is 34.2 Å². The summed E-state index contributed by atoms with van der Waals surface area (Å²) in [5.41, 5.74) is 1.09. The number of carbonyl (C=O) groups excluding carboxylic acids is 2. The normalized spacial score (nSPS) is 21.0. The van der Waals surface area contributed by atoms with Crippen molar-refractivity contribution in [2.45, 2.75) is 44.2 Å². The van der Waals surface area contributed by atoms with Crippen molar-refractivity contribution >= 4 is 29.3 Å².